The molecule has 25 heavy (non-hydrogen) atoms. The first-order chi connectivity index (χ1) is 12.1. The topological polar surface area (TPSA) is 108 Å². The van der Waals surface area contributed by atoms with Crippen LogP contribution in [-0.2, 0) is 11.1 Å². The predicted octanol–water partition coefficient (Wildman–Crippen LogP) is 4.02. The number of rotatable bonds is 5. The molecule has 0 aliphatic rings. The minimum Gasteiger partial charge on any atom is -0.451 e. The molecule has 0 aromatic heterocycles. The Morgan fingerprint density at radius 1 is 0.720 bits per heavy atom. The van der Waals surface area contributed by atoms with E-state index in [2.05, 4.69) is 0 Å². The molecule has 7 heteroatoms. The van der Waals surface area contributed by atoms with E-state index in [1.54, 1.807) is 60.7 Å². The standard InChI is InChI=1S/C18H16N2O4S/c19-12-6-1-3-8-14(12)23-16-10-5-11-17(25(21)22)18(16)24-15-9-4-2-7-13(15)20/h1-11H,19-20H2,(H,21,22). The minimum atomic E-state index is -2.27. The number of hydrogen-bond donors (Lipinski definition) is 3. The number of benzene rings is 3. The summed E-state index contributed by atoms with van der Waals surface area (Å²) in [6, 6.07) is 18.5. The van der Waals surface area contributed by atoms with Crippen LogP contribution in [0, 0.1) is 0 Å². The first-order valence-electron chi connectivity index (χ1n) is 7.35. The van der Waals surface area contributed by atoms with Crippen molar-refractivity contribution in [3.05, 3.63) is 66.7 Å². The fraction of sp³-hybridized carbons (Fsp3) is 0. The zero-order valence-corrected chi connectivity index (χ0v) is 13.9. The molecule has 3 aromatic rings. The normalized spacial score (nSPS) is 11.7. The Bertz CT molecular complexity index is 930. The molecule has 0 amide bonds. The van der Waals surface area contributed by atoms with E-state index in [1.165, 1.54) is 6.07 Å². The van der Waals surface area contributed by atoms with E-state index in [4.69, 9.17) is 20.9 Å². The average Bonchev–Trinajstić information content (AvgIpc) is 2.60. The smallest absolute Gasteiger partial charge is 0.190 e. The van der Waals surface area contributed by atoms with Crippen molar-refractivity contribution in [3.8, 4) is 23.0 Å². The van der Waals surface area contributed by atoms with Crippen LogP contribution < -0.4 is 20.9 Å². The van der Waals surface area contributed by atoms with Crippen molar-refractivity contribution < 1.29 is 18.2 Å². The lowest BCUT2D eigenvalue weighted by molar-refractivity contribution is 0.410. The number of anilines is 2. The molecule has 3 aromatic carbocycles. The second kappa shape index (κ2) is 7.25. The van der Waals surface area contributed by atoms with Gasteiger partial charge in [0, 0.05) is 0 Å². The number of nitrogens with two attached hydrogens (primary N) is 2. The zero-order chi connectivity index (χ0) is 17.8. The van der Waals surface area contributed by atoms with Crippen LogP contribution in [0.5, 0.6) is 23.0 Å². The van der Waals surface area contributed by atoms with Gasteiger partial charge in [-0.05, 0) is 36.4 Å². The van der Waals surface area contributed by atoms with Crippen molar-refractivity contribution in [2.45, 2.75) is 4.90 Å². The molecule has 0 saturated heterocycles. The van der Waals surface area contributed by atoms with Gasteiger partial charge in [-0.3, -0.25) is 0 Å². The summed E-state index contributed by atoms with van der Waals surface area (Å²) >= 11 is -2.27. The Kier molecular flexibility index (Phi) is 4.87. The second-order valence-corrected chi connectivity index (χ2v) is 6.05. The van der Waals surface area contributed by atoms with Crippen molar-refractivity contribution in [1.29, 1.82) is 0 Å². The highest BCUT2D eigenvalue weighted by Crippen LogP contribution is 2.41. The first kappa shape index (κ1) is 16.8. The zero-order valence-electron chi connectivity index (χ0n) is 13.1. The molecule has 3 rings (SSSR count). The van der Waals surface area contributed by atoms with Gasteiger partial charge >= 0.3 is 0 Å². The Hall–Kier alpha value is -3.03. The van der Waals surface area contributed by atoms with Crippen molar-refractivity contribution in [2.75, 3.05) is 11.5 Å². The van der Waals surface area contributed by atoms with Gasteiger partial charge in [0.1, 0.15) is 4.90 Å². The van der Waals surface area contributed by atoms with Crippen LogP contribution in [0.1, 0.15) is 0 Å². The van der Waals surface area contributed by atoms with E-state index in [-0.39, 0.29) is 16.4 Å². The van der Waals surface area contributed by atoms with Gasteiger partial charge in [0.05, 0.1) is 11.4 Å². The summed E-state index contributed by atoms with van der Waals surface area (Å²) in [5.41, 5.74) is 12.6. The molecule has 0 fully saturated rings. The Morgan fingerprint density at radius 2 is 1.24 bits per heavy atom. The molecule has 1 unspecified atom stereocenters. The minimum absolute atomic E-state index is 0.0651. The monoisotopic (exact) mass is 356 g/mol. The van der Waals surface area contributed by atoms with E-state index in [9.17, 15) is 8.76 Å². The van der Waals surface area contributed by atoms with Gasteiger partial charge in [0.25, 0.3) is 0 Å². The molecule has 0 bridgehead atoms. The van der Waals surface area contributed by atoms with Gasteiger partial charge in [0.2, 0.25) is 0 Å². The molecule has 0 aliphatic carbocycles. The summed E-state index contributed by atoms with van der Waals surface area (Å²) in [6.07, 6.45) is 0. The van der Waals surface area contributed by atoms with Gasteiger partial charge in [0.15, 0.2) is 34.1 Å². The predicted molar refractivity (Wildman–Crippen MR) is 97.3 cm³/mol. The van der Waals surface area contributed by atoms with Crippen LogP contribution in [-0.4, -0.2) is 8.76 Å². The van der Waals surface area contributed by atoms with Crippen LogP contribution in [0.15, 0.2) is 71.6 Å². The summed E-state index contributed by atoms with van der Waals surface area (Å²) in [5, 5.41) is 0. The molecule has 5 N–H and O–H groups in total. The fourth-order valence-corrected chi connectivity index (χ4v) is 2.69. The van der Waals surface area contributed by atoms with E-state index in [1.807, 2.05) is 0 Å². The maximum Gasteiger partial charge on any atom is 0.190 e. The summed E-state index contributed by atoms with van der Waals surface area (Å²) in [7, 11) is 0. The lowest BCUT2D eigenvalue weighted by atomic mass is 10.2. The van der Waals surface area contributed by atoms with Gasteiger partial charge in [-0.25, -0.2) is 4.21 Å². The Labute approximate surface area is 147 Å². The van der Waals surface area contributed by atoms with Crippen LogP contribution in [0.4, 0.5) is 11.4 Å². The molecule has 0 radical (unpaired) electrons. The summed E-state index contributed by atoms with van der Waals surface area (Å²) in [5.74, 6) is 1.12. The highest BCUT2D eigenvalue weighted by molar-refractivity contribution is 7.79. The quantitative estimate of drug-likeness (QED) is 0.471. The average molecular weight is 356 g/mol. The fourth-order valence-electron chi connectivity index (χ4n) is 2.19. The third-order valence-corrected chi connectivity index (χ3v) is 4.10. The van der Waals surface area contributed by atoms with Gasteiger partial charge in [-0.2, -0.15) is 0 Å². The molecule has 0 aliphatic heterocycles. The van der Waals surface area contributed by atoms with Crippen molar-refractivity contribution in [3.63, 3.8) is 0 Å². The van der Waals surface area contributed by atoms with Gasteiger partial charge in [-0.1, -0.05) is 30.3 Å². The first-order valence-corrected chi connectivity index (χ1v) is 8.45. The maximum absolute atomic E-state index is 11.7. The molecular formula is C18H16N2O4S. The van der Waals surface area contributed by atoms with E-state index in [0.29, 0.717) is 22.9 Å². The van der Waals surface area contributed by atoms with Crippen molar-refractivity contribution in [2.24, 2.45) is 0 Å². The Balaban J connectivity index is 2.06. The number of para-hydroxylation sites is 5. The lowest BCUT2D eigenvalue weighted by Crippen LogP contribution is -2.00. The van der Waals surface area contributed by atoms with Crippen LogP contribution in [0.25, 0.3) is 0 Å². The molecule has 1 atom stereocenters. The third kappa shape index (κ3) is 3.73. The lowest BCUT2D eigenvalue weighted by Gasteiger charge is -2.16. The van der Waals surface area contributed by atoms with E-state index < -0.39 is 11.1 Å². The second-order valence-electron chi connectivity index (χ2n) is 5.11. The molecule has 128 valence electrons. The number of hydrogen-bond acceptors (Lipinski definition) is 5. The van der Waals surface area contributed by atoms with Gasteiger partial charge < -0.3 is 25.5 Å². The number of nitrogen functional groups attached to an aromatic ring is 2. The Morgan fingerprint density at radius 3 is 1.80 bits per heavy atom. The summed E-state index contributed by atoms with van der Waals surface area (Å²) < 4.78 is 32.9. The van der Waals surface area contributed by atoms with Gasteiger partial charge in [-0.15, -0.1) is 0 Å². The van der Waals surface area contributed by atoms with E-state index in [0.717, 1.165) is 0 Å². The molecule has 0 saturated carbocycles. The molecule has 0 spiro atoms. The largest absolute Gasteiger partial charge is 0.451 e. The van der Waals surface area contributed by atoms with Crippen LogP contribution >= 0.6 is 0 Å². The summed E-state index contributed by atoms with van der Waals surface area (Å²) in [6.45, 7) is 0. The highest BCUT2D eigenvalue weighted by atomic mass is 32.2. The van der Waals surface area contributed by atoms with Crippen molar-refractivity contribution in [1.82, 2.24) is 0 Å². The van der Waals surface area contributed by atoms with Crippen LogP contribution in [0.2, 0.25) is 0 Å². The number of ether oxygens (including phenoxy) is 2. The highest BCUT2D eigenvalue weighted by Gasteiger charge is 2.18. The maximum atomic E-state index is 11.7. The molecule has 6 nitrogen and oxygen atoms in total. The molecule has 0 heterocycles. The third-order valence-electron chi connectivity index (χ3n) is 3.40. The van der Waals surface area contributed by atoms with E-state index >= 15 is 0 Å². The molecular weight excluding hydrogens is 340 g/mol. The summed E-state index contributed by atoms with van der Waals surface area (Å²) in [4.78, 5) is 0.0651. The SMILES string of the molecule is Nc1ccccc1Oc1cccc(S(=O)O)c1Oc1ccccc1N. The van der Waals surface area contributed by atoms with Crippen molar-refractivity contribution >= 4 is 22.5 Å². The van der Waals surface area contributed by atoms with Crippen LogP contribution in [0.3, 0.4) is 0 Å².